The summed E-state index contributed by atoms with van der Waals surface area (Å²) in [6.07, 6.45) is 6.56. The Balaban J connectivity index is 0.00000353. The van der Waals surface area contributed by atoms with Crippen LogP contribution in [0, 0.1) is 5.82 Å². The summed E-state index contributed by atoms with van der Waals surface area (Å²) in [7, 11) is 0. The van der Waals surface area contributed by atoms with Crippen LogP contribution in [-0.4, -0.2) is 66.3 Å². The SMILES string of the molecule is Cl.O=C(Nc1nc(-c2ccc(F)cc2)c(N2CCN(C3CCCCC3)CC2)s1)c1ccc(OCCO)c(Cl)c1. The Morgan fingerprint density at radius 3 is 2.49 bits per heavy atom. The third kappa shape index (κ3) is 7.21. The highest BCUT2D eigenvalue weighted by Gasteiger charge is 2.28. The smallest absolute Gasteiger partial charge is 0.257 e. The van der Waals surface area contributed by atoms with E-state index in [0.717, 1.165) is 42.4 Å². The maximum atomic E-state index is 13.6. The lowest BCUT2D eigenvalue weighted by Crippen LogP contribution is -2.50. The highest BCUT2D eigenvalue weighted by molar-refractivity contribution is 7.20. The van der Waals surface area contributed by atoms with E-state index in [1.807, 2.05) is 0 Å². The molecule has 0 atom stereocenters. The van der Waals surface area contributed by atoms with Gasteiger partial charge in [0.15, 0.2) is 5.13 Å². The van der Waals surface area contributed by atoms with Crippen molar-refractivity contribution in [1.82, 2.24) is 9.88 Å². The van der Waals surface area contributed by atoms with Crippen molar-refractivity contribution in [1.29, 1.82) is 0 Å². The van der Waals surface area contributed by atoms with Crippen LogP contribution in [0.25, 0.3) is 11.3 Å². The minimum atomic E-state index is -0.339. The van der Waals surface area contributed by atoms with Crippen LogP contribution in [0.5, 0.6) is 5.75 Å². The lowest BCUT2D eigenvalue weighted by atomic mass is 9.94. The molecule has 1 saturated carbocycles. The number of amides is 1. The van der Waals surface area contributed by atoms with Gasteiger partial charge in [0, 0.05) is 43.3 Å². The van der Waals surface area contributed by atoms with Gasteiger partial charge in [-0.25, -0.2) is 9.37 Å². The molecule has 1 aliphatic heterocycles. The van der Waals surface area contributed by atoms with E-state index in [9.17, 15) is 9.18 Å². The zero-order valence-electron chi connectivity index (χ0n) is 21.6. The van der Waals surface area contributed by atoms with E-state index >= 15 is 0 Å². The predicted molar refractivity (Wildman–Crippen MR) is 157 cm³/mol. The quantitative estimate of drug-likeness (QED) is 0.328. The number of nitrogens with zero attached hydrogens (tertiary/aromatic N) is 3. The fraction of sp³-hybridized carbons (Fsp3) is 0.429. The second-order valence-corrected chi connectivity index (χ2v) is 11.1. The molecule has 2 aliphatic rings. The van der Waals surface area contributed by atoms with Crippen molar-refractivity contribution in [2.24, 2.45) is 0 Å². The molecule has 1 aliphatic carbocycles. The summed E-state index contributed by atoms with van der Waals surface area (Å²) in [6.45, 7) is 3.74. The van der Waals surface area contributed by atoms with Crippen LogP contribution in [0.2, 0.25) is 5.02 Å². The minimum absolute atomic E-state index is 0. The van der Waals surface area contributed by atoms with Gasteiger partial charge < -0.3 is 14.7 Å². The van der Waals surface area contributed by atoms with Gasteiger partial charge >= 0.3 is 0 Å². The number of thiazole rings is 1. The van der Waals surface area contributed by atoms with E-state index in [-0.39, 0.29) is 42.4 Å². The van der Waals surface area contributed by atoms with E-state index in [2.05, 4.69) is 15.1 Å². The fourth-order valence-electron chi connectivity index (χ4n) is 5.20. The molecule has 210 valence electrons. The predicted octanol–water partition coefficient (Wildman–Crippen LogP) is 6.10. The van der Waals surface area contributed by atoms with Crippen molar-refractivity contribution in [3.63, 3.8) is 0 Å². The fourth-order valence-corrected chi connectivity index (χ4v) is 6.47. The lowest BCUT2D eigenvalue weighted by Gasteiger charge is -2.41. The monoisotopic (exact) mass is 594 g/mol. The summed E-state index contributed by atoms with van der Waals surface area (Å²) >= 11 is 7.69. The van der Waals surface area contributed by atoms with Crippen molar-refractivity contribution in [3.05, 3.63) is 58.9 Å². The molecule has 2 heterocycles. The number of ether oxygens (including phenoxy) is 1. The van der Waals surface area contributed by atoms with E-state index < -0.39 is 0 Å². The lowest BCUT2D eigenvalue weighted by molar-refractivity contribution is 0.102. The highest BCUT2D eigenvalue weighted by atomic mass is 35.5. The van der Waals surface area contributed by atoms with Crippen LogP contribution in [0.15, 0.2) is 42.5 Å². The number of carbonyl (C=O) groups is 1. The Kier molecular flexibility index (Phi) is 10.4. The molecule has 11 heteroatoms. The molecule has 39 heavy (non-hydrogen) atoms. The number of aliphatic hydroxyl groups is 1. The molecular formula is C28H33Cl2FN4O3S. The molecule has 5 rings (SSSR count). The molecule has 2 fully saturated rings. The number of aliphatic hydroxyl groups excluding tert-OH is 1. The van der Waals surface area contributed by atoms with Gasteiger partial charge in [-0.15, -0.1) is 12.4 Å². The number of carbonyl (C=O) groups excluding carboxylic acids is 1. The Hall–Kier alpha value is -2.43. The van der Waals surface area contributed by atoms with Gasteiger partial charge in [0.2, 0.25) is 0 Å². The zero-order chi connectivity index (χ0) is 26.5. The number of hydrogen-bond acceptors (Lipinski definition) is 7. The number of rotatable bonds is 8. The summed E-state index contributed by atoms with van der Waals surface area (Å²) in [6, 6.07) is 11.8. The zero-order valence-corrected chi connectivity index (χ0v) is 24.0. The average Bonchev–Trinajstić information content (AvgIpc) is 3.37. The molecule has 1 amide bonds. The van der Waals surface area contributed by atoms with Crippen molar-refractivity contribution in [2.45, 2.75) is 38.1 Å². The number of halogens is 3. The molecule has 0 bridgehead atoms. The summed E-state index contributed by atoms with van der Waals surface area (Å²) in [4.78, 5) is 22.7. The first-order valence-electron chi connectivity index (χ1n) is 13.1. The number of piperazine rings is 1. The van der Waals surface area contributed by atoms with Crippen LogP contribution in [0.3, 0.4) is 0 Å². The molecule has 0 unspecified atom stereocenters. The minimum Gasteiger partial charge on any atom is -0.490 e. The number of benzene rings is 2. The van der Waals surface area contributed by atoms with Crippen LogP contribution < -0.4 is 15.0 Å². The Bertz CT molecular complexity index is 1250. The van der Waals surface area contributed by atoms with Crippen LogP contribution in [0.1, 0.15) is 42.5 Å². The highest BCUT2D eigenvalue weighted by Crippen LogP contribution is 2.40. The van der Waals surface area contributed by atoms with E-state index in [1.54, 1.807) is 24.3 Å². The van der Waals surface area contributed by atoms with E-state index in [1.165, 1.54) is 61.6 Å². The molecule has 2 aromatic carbocycles. The normalized spacial score (nSPS) is 16.5. The van der Waals surface area contributed by atoms with Crippen molar-refractivity contribution >= 4 is 51.4 Å². The van der Waals surface area contributed by atoms with Gasteiger partial charge in [0.05, 0.1) is 11.6 Å². The first-order valence-corrected chi connectivity index (χ1v) is 14.3. The second kappa shape index (κ2) is 13.8. The Labute approximate surface area is 243 Å². The number of aromatic nitrogens is 1. The molecule has 7 nitrogen and oxygen atoms in total. The Morgan fingerprint density at radius 1 is 1.10 bits per heavy atom. The summed E-state index contributed by atoms with van der Waals surface area (Å²) in [5.41, 5.74) is 1.91. The standard InChI is InChI=1S/C28H32ClFN4O3S.ClH/c29-23-18-20(8-11-24(23)37-17-16-35)26(36)32-28-31-25(19-6-9-21(30)10-7-19)27(38-28)34-14-12-33(13-15-34)22-4-2-1-3-5-22;/h6-11,18,22,35H,1-5,12-17H2,(H,31,32,36);1H. The first kappa shape index (κ1) is 29.6. The van der Waals surface area contributed by atoms with E-state index in [4.69, 9.17) is 26.4 Å². The molecule has 0 radical (unpaired) electrons. The van der Waals surface area contributed by atoms with E-state index in [0.29, 0.717) is 22.5 Å². The maximum absolute atomic E-state index is 13.6. The summed E-state index contributed by atoms with van der Waals surface area (Å²) < 4.78 is 19.0. The number of anilines is 2. The third-order valence-electron chi connectivity index (χ3n) is 7.18. The van der Waals surface area contributed by atoms with Crippen LogP contribution >= 0.6 is 35.3 Å². The van der Waals surface area contributed by atoms with Crippen LogP contribution in [-0.2, 0) is 0 Å². The molecule has 3 aromatic rings. The van der Waals surface area contributed by atoms with Crippen molar-refractivity contribution in [2.75, 3.05) is 49.6 Å². The van der Waals surface area contributed by atoms with Gasteiger partial charge in [-0.2, -0.15) is 0 Å². The van der Waals surface area contributed by atoms with Gasteiger partial charge in [-0.05, 0) is 55.3 Å². The summed E-state index contributed by atoms with van der Waals surface area (Å²) in [5, 5.41) is 13.6. The first-order chi connectivity index (χ1) is 18.5. The second-order valence-electron chi connectivity index (χ2n) is 9.67. The topological polar surface area (TPSA) is 77.9 Å². The number of hydrogen-bond donors (Lipinski definition) is 2. The average molecular weight is 596 g/mol. The van der Waals surface area contributed by atoms with Gasteiger partial charge in [0.1, 0.15) is 28.9 Å². The molecule has 2 N–H and O–H groups in total. The largest absolute Gasteiger partial charge is 0.490 e. The molecule has 1 saturated heterocycles. The molecule has 1 aromatic heterocycles. The van der Waals surface area contributed by atoms with Gasteiger partial charge in [-0.1, -0.05) is 42.2 Å². The number of nitrogens with one attached hydrogen (secondary N) is 1. The molecule has 0 spiro atoms. The van der Waals surface area contributed by atoms with Crippen molar-refractivity contribution < 1.29 is 19.0 Å². The summed E-state index contributed by atoms with van der Waals surface area (Å²) in [5.74, 6) is -0.239. The van der Waals surface area contributed by atoms with Crippen LogP contribution in [0.4, 0.5) is 14.5 Å². The third-order valence-corrected chi connectivity index (χ3v) is 8.51. The van der Waals surface area contributed by atoms with Crippen molar-refractivity contribution in [3.8, 4) is 17.0 Å². The maximum Gasteiger partial charge on any atom is 0.257 e. The molecular weight excluding hydrogens is 562 g/mol. The van der Waals surface area contributed by atoms with Gasteiger partial charge in [0.25, 0.3) is 5.91 Å². The Morgan fingerprint density at radius 2 is 1.82 bits per heavy atom. The van der Waals surface area contributed by atoms with Gasteiger partial charge in [-0.3, -0.25) is 15.0 Å².